The Hall–Kier alpha value is -3.48. The van der Waals surface area contributed by atoms with E-state index in [9.17, 15) is 9.59 Å². The fraction of sp³-hybridized carbons (Fsp3) is 0.333. The molecule has 2 unspecified atom stereocenters. The Kier molecular flexibility index (Phi) is 5.24. The Balaban J connectivity index is 1.40. The number of carbonyl (C=O) groups is 2. The molecule has 0 N–H and O–H groups in total. The van der Waals surface area contributed by atoms with Crippen molar-refractivity contribution in [3.05, 3.63) is 72.1 Å². The van der Waals surface area contributed by atoms with Crippen LogP contribution >= 0.6 is 0 Å². The standard InChI is InChI=1S/C24H24N4O3/c29-23-19-13-7-8-14-20(19)27(15-17-9-3-1-4-10-17)24(30)28(23)16-21-25-22(26-31-21)18-11-5-2-6-12-18/h1-6,9-12,19-20H,7-8,13-16H2. The second-order valence-corrected chi connectivity index (χ2v) is 8.16. The molecule has 2 fully saturated rings. The van der Waals surface area contributed by atoms with Crippen LogP contribution in [0.4, 0.5) is 4.79 Å². The highest BCUT2D eigenvalue weighted by Crippen LogP contribution is 2.36. The molecule has 3 aromatic rings. The molecular weight excluding hydrogens is 392 g/mol. The van der Waals surface area contributed by atoms with Gasteiger partial charge in [0.2, 0.25) is 17.6 Å². The summed E-state index contributed by atoms with van der Waals surface area (Å²) < 4.78 is 5.38. The summed E-state index contributed by atoms with van der Waals surface area (Å²) in [5, 5.41) is 4.02. The molecule has 1 aliphatic carbocycles. The first-order chi connectivity index (χ1) is 15.2. The van der Waals surface area contributed by atoms with Crippen LogP contribution in [0.2, 0.25) is 0 Å². The first kappa shape index (κ1) is 19.5. The van der Waals surface area contributed by atoms with Gasteiger partial charge in [-0.05, 0) is 18.4 Å². The molecule has 7 nitrogen and oxygen atoms in total. The van der Waals surface area contributed by atoms with Gasteiger partial charge in [0.05, 0.1) is 5.92 Å². The number of urea groups is 1. The third-order valence-corrected chi connectivity index (χ3v) is 6.18. The second-order valence-electron chi connectivity index (χ2n) is 8.16. The number of hydrogen-bond acceptors (Lipinski definition) is 5. The molecule has 2 aliphatic rings. The van der Waals surface area contributed by atoms with E-state index in [0.717, 1.165) is 36.8 Å². The number of rotatable bonds is 5. The Morgan fingerprint density at radius 3 is 2.39 bits per heavy atom. The monoisotopic (exact) mass is 416 g/mol. The molecule has 3 amide bonds. The van der Waals surface area contributed by atoms with Crippen LogP contribution in [0.3, 0.4) is 0 Å². The maximum absolute atomic E-state index is 13.4. The van der Waals surface area contributed by atoms with Crippen LogP contribution in [0.5, 0.6) is 0 Å². The topological polar surface area (TPSA) is 79.5 Å². The molecule has 7 heteroatoms. The van der Waals surface area contributed by atoms with Crippen LogP contribution in [0, 0.1) is 5.92 Å². The predicted molar refractivity (Wildman–Crippen MR) is 113 cm³/mol. The van der Waals surface area contributed by atoms with Crippen molar-refractivity contribution in [3.8, 4) is 11.4 Å². The van der Waals surface area contributed by atoms with E-state index in [4.69, 9.17) is 4.52 Å². The summed E-state index contributed by atoms with van der Waals surface area (Å²) in [6.45, 7) is 0.482. The molecule has 2 heterocycles. The lowest BCUT2D eigenvalue weighted by molar-refractivity contribution is -0.141. The third-order valence-electron chi connectivity index (χ3n) is 6.18. The Bertz CT molecular complexity index is 1070. The normalized spacial score (nSPS) is 21.3. The number of amides is 3. The molecule has 1 saturated carbocycles. The average Bonchev–Trinajstić information content (AvgIpc) is 3.29. The van der Waals surface area contributed by atoms with E-state index in [-0.39, 0.29) is 36.3 Å². The van der Waals surface area contributed by atoms with Crippen molar-refractivity contribution in [1.29, 1.82) is 0 Å². The molecule has 0 spiro atoms. The Morgan fingerprint density at radius 2 is 1.61 bits per heavy atom. The fourth-order valence-electron chi connectivity index (χ4n) is 4.63. The van der Waals surface area contributed by atoms with Gasteiger partial charge in [0.15, 0.2) is 0 Å². The lowest BCUT2D eigenvalue weighted by Crippen LogP contribution is -2.61. The number of carbonyl (C=O) groups excluding carboxylic acids is 2. The average molecular weight is 416 g/mol. The minimum Gasteiger partial charge on any atom is -0.337 e. The van der Waals surface area contributed by atoms with E-state index in [1.165, 1.54) is 4.90 Å². The van der Waals surface area contributed by atoms with Gasteiger partial charge in [-0.1, -0.05) is 78.7 Å². The molecule has 0 radical (unpaired) electrons. The summed E-state index contributed by atoms with van der Waals surface area (Å²) in [7, 11) is 0. The summed E-state index contributed by atoms with van der Waals surface area (Å²) >= 11 is 0. The maximum atomic E-state index is 13.4. The smallest absolute Gasteiger partial charge is 0.327 e. The number of benzene rings is 2. The van der Waals surface area contributed by atoms with Crippen LogP contribution in [-0.2, 0) is 17.9 Å². The van der Waals surface area contributed by atoms with Gasteiger partial charge in [0.25, 0.3) is 0 Å². The lowest BCUT2D eigenvalue weighted by atomic mass is 9.81. The number of hydrogen-bond donors (Lipinski definition) is 0. The van der Waals surface area contributed by atoms with Crippen molar-refractivity contribution in [2.24, 2.45) is 5.92 Å². The zero-order valence-corrected chi connectivity index (χ0v) is 17.2. The summed E-state index contributed by atoms with van der Waals surface area (Å²) in [4.78, 5) is 34.2. The largest absolute Gasteiger partial charge is 0.337 e. The van der Waals surface area contributed by atoms with Crippen molar-refractivity contribution >= 4 is 11.9 Å². The molecule has 2 aromatic carbocycles. The first-order valence-corrected chi connectivity index (χ1v) is 10.7. The SMILES string of the molecule is O=C1C2CCCCC2N(Cc2ccccc2)C(=O)N1Cc1nc(-c2ccccc2)no1. The van der Waals surface area contributed by atoms with E-state index >= 15 is 0 Å². The zero-order valence-electron chi connectivity index (χ0n) is 17.2. The predicted octanol–water partition coefficient (Wildman–Crippen LogP) is 4.26. The first-order valence-electron chi connectivity index (χ1n) is 10.7. The van der Waals surface area contributed by atoms with Gasteiger partial charge in [0, 0.05) is 18.2 Å². The molecular formula is C24H24N4O3. The minimum absolute atomic E-state index is 0.00793. The van der Waals surface area contributed by atoms with Crippen molar-refractivity contribution in [2.45, 2.75) is 44.8 Å². The molecule has 158 valence electrons. The summed E-state index contributed by atoms with van der Waals surface area (Å²) in [6, 6.07) is 19.1. The molecule has 5 rings (SSSR count). The number of imide groups is 1. The van der Waals surface area contributed by atoms with Crippen LogP contribution in [-0.4, -0.2) is 37.9 Å². The van der Waals surface area contributed by atoms with Gasteiger partial charge < -0.3 is 9.42 Å². The van der Waals surface area contributed by atoms with E-state index in [1.54, 1.807) is 0 Å². The quantitative estimate of drug-likeness (QED) is 0.621. The highest BCUT2D eigenvalue weighted by atomic mass is 16.5. The van der Waals surface area contributed by atoms with Crippen molar-refractivity contribution < 1.29 is 14.1 Å². The van der Waals surface area contributed by atoms with Crippen molar-refractivity contribution in [2.75, 3.05) is 0 Å². The van der Waals surface area contributed by atoms with Crippen LogP contribution in [0.15, 0.2) is 65.2 Å². The van der Waals surface area contributed by atoms with Crippen molar-refractivity contribution in [1.82, 2.24) is 19.9 Å². The third kappa shape index (κ3) is 3.83. The molecule has 31 heavy (non-hydrogen) atoms. The highest BCUT2D eigenvalue weighted by Gasteiger charge is 2.47. The van der Waals surface area contributed by atoms with Crippen LogP contribution in [0.1, 0.15) is 37.1 Å². The fourth-order valence-corrected chi connectivity index (χ4v) is 4.63. The van der Waals surface area contributed by atoms with Crippen LogP contribution in [0.25, 0.3) is 11.4 Å². The van der Waals surface area contributed by atoms with E-state index in [2.05, 4.69) is 10.1 Å². The van der Waals surface area contributed by atoms with Gasteiger partial charge in [-0.2, -0.15) is 4.98 Å². The van der Waals surface area contributed by atoms with E-state index in [1.807, 2.05) is 65.6 Å². The number of nitrogens with zero attached hydrogens (tertiary/aromatic N) is 4. The molecule has 1 aromatic heterocycles. The Labute approximate surface area is 180 Å². The maximum Gasteiger partial charge on any atom is 0.327 e. The van der Waals surface area contributed by atoms with Gasteiger partial charge in [-0.3, -0.25) is 9.69 Å². The molecule has 1 saturated heterocycles. The molecule has 1 aliphatic heterocycles. The lowest BCUT2D eigenvalue weighted by Gasteiger charge is -2.46. The number of aromatic nitrogens is 2. The summed E-state index contributed by atoms with van der Waals surface area (Å²) in [5.74, 6) is 0.406. The van der Waals surface area contributed by atoms with Gasteiger partial charge in [-0.15, -0.1) is 0 Å². The second kappa shape index (κ2) is 8.34. The highest BCUT2D eigenvalue weighted by molar-refractivity contribution is 5.98. The zero-order chi connectivity index (χ0) is 21.2. The van der Waals surface area contributed by atoms with Gasteiger partial charge in [-0.25, -0.2) is 4.79 Å². The van der Waals surface area contributed by atoms with Gasteiger partial charge in [0.1, 0.15) is 6.54 Å². The van der Waals surface area contributed by atoms with E-state index < -0.39 is 0 Å². The molecule has 0 bridgehead atoms. The van der Waals surface area contributed by atoms with Crippen LogP contribution < -0.4 is 0 Å². The van der Waals surface area contributed by atoms with Gasteiger partial charge >= 0.3 is 6.03 Å². The molecule has 2 atom stereocenters. The Morgan fingerprint density at radius 1 is 0.903 bits per heavy atom. The summed E-state index contributed by atoms with van der Waals surface area (Å²) in [6.07, 6.45) is 3.71. The summed E-state index contributed by atoms with van der Waals surface area (Å²) in [5.41, 5.74) is 1.88. The minimum atomic E-state index is -0.281. The van der Waals surface area contributed by atoms with Crippen molar-refractivity contribution in [3.63, 3.8) is 0 Å². The van der Waals surface area contributed by atoms with E-state index in [0.29, 0.717) is 12.4 Å². The number of fused-ring (bicyclic) bond motifs is 1.